The van der Waals surface area contributed by atoms with Crippen LogP contribution in [-0.2, 0) is 4.79 Å². The van der Waals surface area contributed by atoms with E-state index in [0.717, 1.165) is 0 Å². The summed E-state index contributed by atoms with van der Waals surface area (Å²) in [4.78, 5) is 37.3. The second kappa shape index (κ2) is 6.14. The molecule has 5 nitrogen and oxygen atoms in total. The van der Waals surface area contributed by atoms with Gasteiger partial charge in [-0.1, -0.05) is 36.4 Å². The van der Waals surface area contributed by atoms with Crippen LogP contribution in [-0.4, -0.2) is 31.1 Å². The van der Waals surface area contributed by atoms with Gasteiger partial charge in [-0.15, -0.1) is 0 Å². The Balaban J connectivity index is 2.02. The molecule has 116 valence electrons. The summed E-state index contributed by atoms with van der Waals surface area (Å²) in [5.74, 6) is -0.631. The minimum Gasteiger partial charge on any atom is -0.325 e. The van der Waals surface area contributed by atoms with Gasteiger partial charge in [0.2, 0.25) is 5.91 Å². The van der Waals surface area contributed by atoms with Gasteiger partial charge in [0.05, 0.1) is 11.3 Å². The number of ketones is 2. The highest BCUT2D eigenvalue weighted by Gasteiger charge is 2.31. The monoisotopic (exact) mass is 308 g/mol. The van der Waals surface area contributed by atoms with Gasteiger partial charge in [-0.25, -0.2) is 0 Å². The van der Waals surface area contributed by atoms with Gasteiger partial charge in [0, 0.05) is 29.7 Å². The fourth-order valence-electron chi connectivity index (χ4n) is 2.70. The number of amides is 1. The highest BCUT2D eigenvalue weighted by Crippen LogP contribution is 2.31. The van der Waals surface area contributed by atoms with Crippen molar-refractivity contribution in [3.05, 3.63) is 64.7 Å². The van der Waals surface area contributed by atoms with Crippen molar-refractivity contribution in [2.75, 3.05) is 18.9 Å². The van der Waals surface area contributed by atoms with Crippen LogP contribution >= 0.6 is 0 Å². The first kappa shape index (κ1) is 15.1. The van der Waals surface area contributed by atoms with E-state index in [1.165, 1.54) is 0 Å². The minimum atomic E-state index is -0.236. The lowest BCUT2D eigenvalue weighted by molar-refractivity contribution is -0.116. The van der Waals surface area contributed by atoms with Crippen molar-refractivity contribution in [3.63, 3.8) is 0 Å². The average molecular weight is 308 g/mol. The molecule has 23 heavy (non-hydrogen) atoms. The highest BCUT2D eigenvalue weighted by atomic mass is 16.2. The molecule has 3 rings (SSSR count). The second-order valence-corrected chi connectivity index (χ2v) is 5.33. The summed E-state index contributed by atoms with van der Waals surface area (Å²) < 4.78 is 0. The van der Waals surface area contributed by atoms with Crippen molar-refractivity contribution >= 4 is 23.2 Å². The maximum absolute atomic E-state index is 12.8. The Bertz CT molecular complexity index is 812. The summed E-state index contributed by atoms with van der Waals surface area (Å²) in [6.45, 7) is 0.538. The van der Waals surface area contributed by atoms with Crippen molar-refractivity contribution in [3.8, 4) is 0 Å². The van der Waals surface area contributed by atoms with Gasteiger partial charge >= 0.3 is 0 Å². The van der Waals surface area contributed by atoms with Crippen LogP contribution in [0.25, 0.3) is 0 Å². The zero-order valence-electron chi connectivity index (χ0n) is 12.7. The van der Waals surface area contributed by atoms with Crippen LogP contribution in [0.5, 0.6) is 0 Å². The number of fused-ring (bicyclic) bond motifs is 2. The van der Waals surface area contributed by atoms with Crippen molar-refractivity contribution in [1.82, 2.24) is 5.32 Å². The Morgan fingerprint density at radius 1 is 0.913 bits per heavy atom. The molecule has 5 heteroatoms. The minimum absolute atomic E-state index is 0.193. The molecule has 0 aliphatic heterocycles. The van der Waals surface area contributed by atoms with Gasteiger partial charge in [0.25, 0.3) is 0 Å². The lowest BCUT2D eigenvalue weighted by Crippen LogP contribution is -2.24. The van der Waals surface area contributed by atoms with Gasteiger partial charge in [-0.2, -0.15) is 0 Å². The molecular weight excluding hydrogens is 292 g/mol. The number of hydrogen-bond acceptors (Lipinski definition) is 4. The largest absolute Gasteiger partial charge is 0.325 e. The van der Waals surface area contributed by atoms with E-state index >= 15 is 0 Å². The second-order valence-electron chi connectivity index (χ2n) is 5.33. The van der Waals surface area contributed by atoms with E-state index in [4.69, 9.17) is 0 Å². The first-order chi connectivity index (χ1) is 11.1. The number of benzene rings is 2. The van der Waals surface area contributed by atoms with Crippen LogP contribution in [0.15, 0.2) is 42.5 Å². The molecule has 0 aromatic heterocycles. The molecule has 1 aliphatic carbocycles. The van der Waals surface area contributed by atoms with Crippen LogP contribution in [0.2, 0.25) is 0 Å². The number of carbonyl (C=O) groups is 3. The van der Waals surface area contributed by atoms with E-state index in [2.05, 4.69) is 10.6 Å². The first-order valence-electron chi connectivity index (χ1n) is 7.39. The fourth-order valence-corrected chi connectivity index (χ4v) is 2.70. The molecule has 2 aromatic rings. The van der Waals surface area contributed by atoms with Crippen LogP contribution in [0.3, 0.4) is 0 Å². The van der Waals surface area contributed by atoms with Gasteiger partial charge in [0.1, 0.15) is 0 Å². The van der Waals surface area contributed by atoms with Gasteiger partial charge < -0.3 is 10.6 Å². The molecule has 0 saturated heterocycles. The van der Waals surface area contributed by atoms with Crippen molar-refractivity contribution in [1.29, 1.82) is 0 Å². The Hall–Kier alpha value is -2.79. The Morgan fingerprint density at radius 2 is 1.57 bits per heavy atom. The Kier molecular flexibility index (Phi) is 4.04. The van der Waals surface area contributed by atoms with E-state index in [1.807, 2.05) is 0 Å². The smallest absolute Gasteiger partial charge is 0.225 e. The molecule has 0 saturated carbocycles. The van der Waals surface area contributed by atoms with Gasteiger partial charge in [0.15, 0.2) is 11.6 Å². The SMILES string of the molecule is CNCCC(=O)Nc1cccc2c1C(=O)c1ccccc1C2=O. The third kappa shape index (κ3) is 2.66. The Labute approximate surface area is 133 Å². The van der Waals surface area contributed by atoms with Crippen molar-refractivity contribution in [2.45, 2.75) is 6.42 Å². The molecular formula is C18H16N2O3. The zero-order valence-corrected chi connectivity index (χ0v) is 12.7. The number of rotatable bonds is 4. The molecule has 2 N–H and O–H groups in total. The maximum Gasteiger partial charge on any atom is 0.225 e. The van der Waals surface area contributed by atoms with Gasteiger partial charge in [-0.05, 0) is 13.1 Å². The molecule has 0 atom stereocenters. The van der Waals surface area contributed by atoms with E-state index in [9.17, 15) is 14.4 Å². The van der Waals surface area contributed by atoms with E-state index in [-0.39, 0.29) is 23.0 Å². The standard InChI is InChI=1S/C18H16N2O3/c1-19-10-9-15(21)20-14-8-4-7-13-16(14)18(23)12-6-3-2-5-11(12)17(13)22/h2-8,19H,9-10H2,1H3,(H,20,21). The van der Waals surface area contributed by atoms with Crippen molar-refractivity contribution in [2.24, 2.45) is 0 Å². The topological polar surface area (TPSA) is 75.3 Å². The normalized spacial score (nSPS) is 12.6. The molecule has 2 aromatic carbocycles. The summed E-state index contributed by atoms with van der Waals surface area (Å²) in [7, 11) is 1.76. The molecule has 0 spiro atoms. The lowest BCUT2D eigenvalue weighted by atomic mass is 9.83. The quantitative estimate of drug-likeness (QED) is 0.773. The summed E-state index contributed by atoms with van der Waals surface area (Å²) in [5.41, 5.74) is 1.77. The number of hydrogen-bond donors (Lipinski definition) is 2. The molecule has 1 amide bonds. The summed E-state index contributed by atoms with van der Waals surface area (Å²) in [6, 6.07) is 11.7. The van der Waals surface area contributed by atoms with Crippen LogP contribution in [0.4, 0.5) is 5.69 Å². The number of carbonyl (C=O) groups excluding carboxylic acids is 3. The molecule has 0 bridgehead atoms. The fraction of sp³-hybridized carbons (Fsp3) is 0.167. The Morgan fingerprint density at radius 3 is 2.26 bits per heavy atom. The molecule has 1 aliphatic rings. The third-order valence-electron chi connectivity index (χ3n) is 3.83. The average Bonchev–Trinajstić information content (AvgIpc) is 2.57. The number of anilines is 1. The molecule has 0 fully saturated rings. The lowest BCUT2D eigenvalue weighted by Gasteiger charge is -2.20. The molecule has 0 heterocycles. The predicted octanol–water partition coefficient (Wildman–Crippen LogP) is 2.01. The summed E-state index contributed by atoms with van der Waals surface area (Å²) in [5, 5.41) is 5.63. The molecule has 0 unspecified atom stereocenters. The molecule has 0 radical (unpaired) electrons. The van der Waals surface area contributed by atoms with Crippen LogP contribution in [0.1, 0.15) is 38.3 Å². The van der Waals surface area contributed by atoms with Crippen LogP contribution < -0.4 is 10.6 Å². The highest BCUT2D eigenvalue weighted by molar-refractivity contribution is 6.30. The summed E-state index contributed by atoms with van der Waals surface area (Å²) >= 11 is 0. The van der Waals surface area contributed by atoms with Crippen LogP contribution in [0, 0.1) is 0 Å². The van der Waals surface area contributed by atoms with Crippen molar-refractivity contribution < 1.29 is 14.4 Å². The van der Waals surface area contributed by atoms with Gasteiger partial charge in [-0.3, -0.25) is 14.4 Å². The maximum atomic E-state index is 12.8. The first-order valence-corrected chi connectivity index (χ1v) is 7.39. The van der Waals surface area contributed by atoms with E-state index < -0.39 is 0 Å². The third-order valence-corrected chi connectivity index (χ3v) is 3.83. The zero-order chi connectivity index (χ0) is 16.4. The van der Waals surface area contributed by atoms with E-state index in [1.54, 1.807) is 49.5 Å². The summed E-state index contributed by atoms with van der Waals surface area (Å²) in [6.07, 6.45) is 0.291. The van der Waals surface area contributed by atoms with E-state index in [0.29, 0.717) is 35.3 Å². The predicted molar refractivity (Wildman–Crippen MR) is 86.9 cm³/mol. The number of nitrogens with one attached hydrogen (secondary N) is 2.